The van der Waals surface area contributed by atoms with Crippen LogP contribution < -0.4 is 5.76 Å². The number of rotatable bonds is 5. The SMILES string of the molecule is [CH2]CCCCCc1ccc2[nH]c(=O)oc2c1. The minimum absolute atomic E-state index is 0.385. The molecule has 0 aliphatic rings. The standard InChI is InChI=1S/C13H16NO2/c1-2-3-4-5-6-10-7-8-11-12(9-10)16-13(15)14-11/h7-9H,1-6H2,(H,14,15). The maximum atomic E-state index is 11.0. The molecule has 0 spiro atoms. The highest BCUT2D eigenvalue weighted by molar-refractivity contribution is 5.72. The molecule has 0 bridgehead atoms. The number of aromatic nitrogens is 1. The molecule has 3 nitrogen and oxygen atoms in total. The second-order valence-electron chi connectivity index (χ2n) is 4.01. The number of nitrogens with one attached hydrogen (secondary N) is 1. The fourth-order valence-corrected chi connectivity index (χ4v) is 1.83. The van der Waals surface area contributed by atoms with E-state index in [0.717, 1.165) is 24.8 Å². The predicted octanol–water partition coefficient (Wildman–Crippen LogP) is 3.06. The Morgan fingerprint density at radius 3 is 2.94 bits per heavy atom. The van der Waals surface area contributed by atoms with Crippen molar-refractivity contribution in [2.75, 3.05) is 0 Å². The maximum Gasteiger partial charge on any atom is 0.417 e. The third-order valence-electron chi connectivity index (χ3n) is 2.70. The van der Waals surface area contributed by atoms with Crippen LogP contribution in [0.4, 0.5) is 0 Å². The van der Waals surface area contributed by atoms with Crippen LogP contribution in [0.5, 0.6) is 0 Å². The van der Waals surface area contributed by atoms with E-state index in [1.165, 1.54) is 18.4 Å². The van der Waals surface area contributed by atoms with E-state index < -0.39 is 0 Å². The Morgan fingerprint density at radius 1 is 1.25 bits per heavy atom. The number of benzene rings is 1. The molecule has 0 amide bonds. The molecule has 3 heteroatoms. The van der Waals surface area contributed by atoms with Gasteiger partial charge in [0.2, 0.25) is 0 Å². The molecule has 0 atom stereocenters. The fourth-order valence-electron chi connectivity index (χ4n) is 1.83. The van der Waals surface area contributed by atoms with Gasteiger partial charge in [-0.3, -0.25) is 4.98 Å². The second kappa shape index (κ2) is 5.01. The molecule has 0 saturated heterocycles. The molecule has 1 heterocycles. The van der Waals surface area contributed by atoms with Gasteiger partial charge in [-0.1, -0.05) is 32.3 Å². The number of hydrogen-bond donors (Lipinski definition) is 1. The van der Waals surface area contributed by atoms with Crippen molar-refractivity contribution in [3.63, 3.8) is 0 Å². The first kappa shape index (κ1) is 11.0. The van der Waals surface area contributed by atoms with E-state index in [4.69, 9.17) is 4.42 Å². The van der Waals surface area contributed by atoms with Crippen molar-refractivity contribution in [3.05, 3.63) is 41.2 Å². The summed E-state index contributed by atoms with van der Waals surface area (Å²) in [4.78, 5) is 13.6. The first-order chi connectivity index (χ1) is 7.79. The molecule has 1 aromatic heterocycles. The van der Waals surface area contributed by atoms with Gasteiger partial charge in [0, 0.05) is 0 Å². The van der Waals surface area contributed by atoms with E-state index in [1.807, 2.05) is 18.2 Å². The number of oxazole rings is 1. The molecule has 0 aliphatic carbocycles. The third-order valence-corrected chi connectivity index (χ3v) is 2.70. The zero-order chi connectivity index (χ0) is 11.4. The van der Waals surface area contributed by atoms with Gasteiger partial charge in [0.25, 0.3) is 0 Å². The first-order valence-electron chi connectivity index (χ1n) is 5.70. The summed E-state index contributed by atoms with van der Waals surface area (Å²) in [6.45, 7) is 3.82. The van der Waals surface area contributed by atoms with Crippen LogP contribution >= 0.6 is 0 Å². The van der Waals surface area contributed by atoms with Gasteiger partial charge in [0.15, 0.2) is 5.58 Å². The quantitative estimate of drug-likeness (QED) is 0.784. The second-order valence-corrected chi connectivity index (χ2v) is 4.01. The van der Waals surface area contributed by atoms with Crippen molar-refractivity contribution in [2.24, 2.45) is 0 Å². The number of H-pyrrole nitrogens is 1. The Morgan fingerprint density at radius 2 is 2.12 bits per heavy atom. The molecule has 16 heavy (non-hydrogen) atoms. The number of aryl methyl sites for hydroxylation is 1. The lowest BCUT2D eigenvalue weighted by molar-refractivity contribution is 0.555. The summed E-state index contributed by atoms with van der Waals surface area (Å²) in [7, 11) is 0. The van der Waals surface area contributed by atoms with Crippen LogP contribution in [-0.4, -0.2) is 4.98 Å². The summed E-state index contributed by atoms with van der Waals surface area (Å²) >= 11 is 0. The van der Waals surface area contributed by atoms with Crippen molar-refractivity contribution < 1.29 is 4.42 Å². The van der Waals surface area contributed by atoms with Crippen LogP contribution in [0.25, 0.3) is 11.1 Å². The van der Waals surface area contributed by atoms with Gasteiger partial charge >= 0.3 is 5.76 Å². The molecule has 1 aromatic carbocycles. The topological polar surface area (TPSA) is 46.0 Å². The van der Waals surface area contributed by atoms with Crippen LogP contribution in [0.3, 0.4) is 0 Å². The molecule has 0 fully saturated rings. The molecule has 1 N–H and O–H groups in total. The van der Waals surface area contributed by atoms with E-state index >= 15 is 0 Å². The Hall–Kier alpha value is -1.51. The molecule has 2 aromatic rings. The van der Waals surface area contributed by atoms with Crippen molar-refractivity contribution in [3.8, 4) is 0 Å². The summed E-state index contributed by atoms with van der Waals surface area (Å²) in [5.74, 6) is -0.385. The smallest absolute Gasteiger partial charge is 0.408 e. The zero-order valence-corrected chi connectivity index (χ0v) is 9.29. The van der Waals surface area contributed by atoms with Crippen molar-refractivity contribution in [2.45, 2.75) is 32.1 Å². The summed E-state index contributed by atoms with van der Waals surface area (Å²) in [5, 5.41) is 0. The molecular formula is C13H16NO2. The highest BCUT2D eigenvalue weighted by Crippen LogP contribution is 2.14. The van der Waals surface area contributed by atoms with Gasteiger partial charge in [-0.15, -0.1) is 0 Å². The van der Waals surface area contributed by atoms with Gasteiger partial charge in [-0.05, 0) is 30.5 Å². The maximum absolute atomic E-state index is 11.0. The van der Waals surface area contributed by atoms with Crippen LogP contribution in [0, 0.1) is 6.92 Å². The zero-order valence-electron chi connectivity index (χ0n) is 9.29. The normalized spacial score (nSPS) is 11.1. The van der Waals surface area contributed by atoms with Crippen molar-refractivity contribution in [1.82, 2.24) is 4.98 Å². The minimum Gasteiger partial charge on any atom is -0.408 e. The highest BCUT2D eigenvalue weighted by atomic mass is 16.4. The minimum atomic E-state index is -0.385. The predicted molar refractivity (Wildman–Crippen MR) is 64.4 cm³/mol. The van der Waals surface area contributed by atoms with E-state index in [1.54, 1.807) is 0 Å². The van der Waals surface area contributed by atoms with Crippen LogP contribution in [0.1, 0.15) is 31.2 Å². The molecule has 2 rings (SSSR count). The lowest BCUT2D eigenvalue weighted by Gasteiger charge is -2.00. The van der Waals surface area contributed by atoms with Crippen molar-refractivity contribution >= 4 is 11.1 Å². The first-order valence-corrected chi connectivity index (χ1v) is 5.70. The Bertz CT molecular complexity index is 510. The summed E-state index contributed by atoms with van der Waals surface area (Å²) < 4.78 is 5.01. The van der Waals surface area contributed by atoms with Crippen LogP contribution in [0.2, 0.25) is 0 Å². The Kier molecular flexibility index (Phi) is 3.44. The average molecular weight is 218 g/mol. The molecule has 0 saturated carbocycles. The van der Waals surface area contributed by atoms with Gasteiger partial charge in [0.1, 0.15) is 0 Å². The molecule has 1 radical (unpaired) electrons. The number of fused-ring (bicyclic) bond motifs is 1. The van der Waals surface area contributed by atoms with Gasteiger partial charge < -0.3 is 4.42 Å². The lowest BCUT2D eigenvalue weighted by atomic mass is 10.1. The van der Waals surface area contributed by atoms with Crippen molar-refractivity contribution in [1.29, 1.82) is 0 Å². The Labute approximate surface area is 94.5 Å². The number of hydrogen-bond acceptors (Lipinski definition) is 2. The molecule has 0 unspecified atom stereocenters. The highest BCUT2D eigenvalue weighted by Gasteiger charge is 2.01. The van der Waals surface area contributed by atoms with Gasteiger partial charge in [-0.2, -0.15) is 0 Å². The largest absolute Gasteiger partial charge is 0.417 e. The van der Waals surface area contributed by atoms with Crippen LogP contribution in [0.15, 0.2) is 27.4 Å². The number of aromatic amines is 1. The summed E-state index contributed by atoms with van der Waals surface area (Å²) in [5.41, 5.74) is 2.64. The summed E-state index contributed by atoms with van der Waals surface area (Å²) in [6, 6.07) is 5.88. The van der Waals surface area contributed by atoms with Gasteiger partial charge in [-0.25, -0.2) is 4.79 Å². The van der Waals surface area contributed by atoms with E-state index in [2.05, 4.69) is 11.9 Å². The fraction of sp³-hybridized carbons (Fsp3) is 0.385. The lowest BCUT2D eigenvalue weighted by Crippen LogP contribution is -1.92. The van der Waals surface area contributed by atoms with E-state index in [0.29, 0.717) is 5.58 Å². The Balaban J connectivity index is 2.04. The van der Waals surface area contributed by atoms with Crippen LogP contribution in [-0.2, 0) is 6.42 Å². The van der Waals surface area contributed by atoms with E-state index in [9.17, 15) is 4.79 Å². The number of unbranched alkanes of at least 4 members (excludes halogenated alkanes) is 3. The van der Waals surface area contributed by atoms with Gasteiger partial charge in [0.05, 0.1) is 5.52 Å². The summed E-state index contributed by atoms with van der Waals surface area (Å²) in [6.07, 6.45) is 5.59. The average Bonchev–Trinajstić information content (AvgIpc) is 2.64. The molecule has 85 valence electrons. The molecular weight excluding hydrogens is 202 g/mol. The monoisotopic (exact) mass is 218 g/mol. The third kappa shape index (κ3) is 2.54. The molecule has 0 aliphatic heterocycles. The van der Waals surface area contributed by atoms with E-state index in [-0.39, 0.29) is 5.76 Å².